The zero-order valence-electron chi connectivity index (χ0n) is 18.4. The fraction of sp³-hybridized carbons (Fsp3) is 0.231. The predicted molar refractivity (Wildman–Crippen MR) is 123 cm³/mol. The molecule has 1 aliphatic rings. The van der Waals surface area contributed by atoms with E-state index in [1.165, 1.54) is 12.1 Å². The summed E-state index contributed by atoms with van der Waals surface area (Å²) in [5, 5.41) is 5.67. The maximum Gasteiger partial charge on any atom is 0.253 e. The lowest BCUT2D eigenvalue weighted by molar-refractivity contribution is 0.0928. The molecule has 0 radical (unpaired) electrons. The molecule has 0 spiro atoms. The van der Waals surface area contributed by atoms with Crippen molar-refractivity contribution in [1.82, 2.24) is 10.6 Å². The molecule has 2 amide bonds. The van der Waals surface area contributed by atoms with E-state index in [4.69, 9.17) is 0 Å². The van der Waals surface area contributed by atoms with Crippen LogP contribution in [-0.2, 0) is 6.54 Å². The Bertz CT molecular complexity index is 1170. The number of hydrogen-bond acceptors (Lipinski definition) is 3. The molecule has 5 nitrogen and oxygen atoms in total. The Morgan fingerprint density at radius 2 is 1.53 bits per heavy atom. The fourth-order valence-corrected chi connectivity index (χ4v) is 4.08. The van der Waals surface area contributed by atoms with Crippen LogP contribution in [-0.4, -0.2) is 30.9 Å². The first-order valence-electron chi connectivity index (χ1n) is 11.0. The normalized spacial score (nSPS) is 14.0. The molecule has 0 atom stereocenters. The lowest BCUT2D eigenvalue weighted by Crippen LogP contribution is -2.45. The van der Waals surface area contributed by atoms with Crippen molar-refractivity contribution >= 4 is 17.5 Å². The number of benzene rings is 3. The number of hydrogen-bond donors (Lipinski definition) is 2. The van der Waals surface area contributed by atoms with E-state index in [1.807, 2.05) is 12.1 Å². The number of carbonyl (C=O) groups is 2. The van der Waals surface area contributed by atoms with E-state index in [2.05, 4.69) is 15.5 Å². The number of rotatable bonds is 6. The van der Waals surface area contributed by atoms with Gasteiger partial charge in [0.25, 0.3) is 11.8 Å². The Labute approximate surface area is 195 Å². The summed E-state index contributed by atoms with van der Waals surface area (Å²) in [5.74, 6) is -2.73. The molecule has 34 heavy (non-hydrogen) atoms. The molecule has 0 bridgehead atoms. The first kappa shape index (κ1) is 23.4. The number of nitrogens with zero attached hydrogens (tertiary/aromatic N) is 1. The highest BCUT2D eigenvalue weighted by atomic mass is 19.1. The summed E-state index contributed by atoms with van der Waals surface area (Å²) >= 11 is 0. The molecule has 0 aliphatic carbocycles. The van der Waals surface area contributed by atoms with Crippen LogP contribution in [0.25, 0.3) is 0 Å². The van der Waals surface area contributed by atoms with E-state index in [0.29, 0.717) is 37.1 Å². The maximum absolute atomic E-state index is 13.4. The van der Waals surface area contributed by atoms with Gasteiger partial charge in [0.2, 0.25) is 0 Å². The van der Waals surface area contributed by atoms with E-state index in [0.717, 1.165) is 23.9 Å². The van der Waals surface area contributed by atoms with Crippen molar-refractivity contribution in [2.24, 2.45) is 0 Å². The Balaban J connectivity index is 1.36. The van der Waals surface area contributed by atoms with Crippen LogP contribution in [0.1, 0.15) is 39.1 Å². The number of piperidine rings is 1. The number of amides is 2. The maximum atomic E-state index is 13.4. The summed E-state index contributed by atoms with van der Waals surface area (Å²) in [6.45, 7) is 1.40. The molecule has 176 valence electrons. The molecular weight excluding hydrogens is 443 g/mol. The van der Waals surface area contributed by atoms with Gasteiger partial charge in [-0.15, -0.1) is 0 Å². The van der Waals surface area contributed by atoms with Crippen molar-refractivity contribution in [2.45, 2.75) is 25.4 Å². The lowest BCUT2D eigenvalue weighted by Gasteiger charge is -2.35. The van der Waals surface area contributed by atoms with E-state index < -0.39 is 17.5 Å². The molecule has 1 heterocycles. The highest BCUT2D eigenvalue weighted by Gasteiger charge is 2.24. The third-order valence-electron chi connectivity index (χ3n) is 5.79. The minimum absolute atomic E-state index is 0.0553. The molecule has 1 saturated heterocycles. The van der Waals surface area contributed by atoms with Gasteiger partial charge < -0.3 is 15.5 Å². The molecule has 0 saturated carbocycles. The molecule has 2 N–H and O–H groups in total. The van der Waals surface area contributed by atoms with Crippen molar-refractivity contribution < 1.29 is 22.8 Å². The average molecular weight is 467 g/mol. The van der Waals surface area contributed by atoms with Gasteiger partial charge in [-0.05, 0) is 54.8 Å². The van der Waals surface area contributed by atoms with Gasteiger partial charge in [0.15, 0.2) is 0 Å². The van der Waals surface area contributed by atoms with Crippen LogP contribution in [0.4, 0.5) is 18.9 Å². The summed E-state index contributed by atoms with van der Waals surface area (Å²) in [7, 11) is 0. The first-order valence-corrected chi connectivity index (χ1v) is 11.0. The molecule has 1 fully saturated rings. The second-order valence-corrected chi connectivity index (χ2v) is 8.22. The van der Waals surface area contributed by atoms with Gasteiger partial charge >= 0.3 is 0 Å². The lowest BCUT2D eigenvalue weighted by atomic mass is 10.0. The summed E-state index contributed by atoms with van der Waals surface area (Å²) in [4.78, 5) is 27.3. The molecule has 1 aliphatic heterocycles. The van der Waals surface area contributed by atoms with E-state index in [1.54, 1.807) is 24.3 Å². The first-order chi connectivity index (χ1) is 16.4. The van der Waals surface area contributed by atoms with Gasteiger partial charge in [-0.1, -0.05) is 24.3 Å². The van der Waals surface area contributed by atoms with Crippen molar-refractivity contribution in [1.29, 1.82) is 0 Å². The Morgan fingerprint density at radius 3 is 2.24 bits per heavy atom. The molecule has 0 unspecified atom stereocenters. The van der Waals surface area contributed by atoms with Crippen molar-refractivity contribution in [2.75, 3.05) is 18.0 Å². The topological polar surface area (TPSA) is 61.4 Å². The standard InChI is InChI=1S/C26H24F3N3O2/c27-19-5-3-4-17(12-19)16-30-26(34)23-6-1-2-7-24(23)32-10-8-22(9-11-32)31-25(33)18-13-20(28)15-21(29)14-18/h1-7,12-15,22H,8-11,16H2,(H,30,34)(H,31,33). The van der Waals surface area contributed by atoms with E-state index in [9.17, 15) is 22.8 Å². The number of nitrogens with one attached hydrogen (secondary N) is 2. The van der Waals surface area contributed by atoms with Crippen molar-refractivity contribution in [3.63, 3.8) is 0 Å². The molecule has 8 heteroatoms. The predicted octanol–water partition coefficient (Wildman–Crippen LogP) is 4.43. The van der Waals surface area contributed by atoms with Gasteiger partial charge in [0.1, 0.15) is 17.5 Å². The number of halogens is 3. The largest absolute Gasteiger partial charge is 0.371 e. The van der Waals surface area contributed by atoms with Crippen LogP contribution >= 0.6 is 0 Å². The molecule has 3 aromatic carbocycles. The van der Waals surface area contributed by atoms with Crippen LogP contribution < -0.4 is 15.5 Å². The SMILES string of the molecule is O=C(NC1CCN(c2ccccc2C(=O)NCc2cccc(F)c2)CC1)c1cc(F)cc(F)c1. The second kappa shape index (κ2) is 10.4. The molecule has 0 aromatic heterocycles. The summed E-state index contributed by atoms with van der Waals surface area (Å²) < 4.78 is 40.2. The minimum atomic E-state index is -0.799. The Kier molecular flexibility index (Phi) is 7.15. The van der Waals surface area contributed by atoms with E-state index >= 15 is 0 Å². The zero-order valence-corrected chi connectivity index (χ0v) is 18.4. The fourth-order valence-electron chi connectivity index (χ4n) is 4.08. The van der Waals surface area contributed by atoms with Crippen LogP contribution in [0.3, 0.4) is 0 Å². The molecule has 4 rings (SSSR count). The third kappa shape index (κ3) is 5.75. The van der Waals surface area contributed by atoms with Gasteiger partial charge in [-0.3, -0.25) is 9.59 Å². The highest BCUT2D eigenvalue weighted by Crippen LogP contribution is 2.25. The average Bonchev–Trinajstić information content (AvgIpc) is 2.82. The monoisotopic (exact) mass is 467 g/mol. The Morgan fingerprint density at radius 1 is 0.824 bits per heavy atom. The van der Waals surface area contributed by atoms with E-state index in [-0.39, 0.29) is 29.9 Å². The summed E-state index contributed by atoms with van der Waals surface area (Å²) in [5.41, 5.74) is 1.90. The van der Waals surface area contributed by atoms with Crippen LogP contribution in [0.2, 0.25) is 0 Å². The summed E-state index contributed by atoms with van der Waals surface area (Å²) in [6.07, 6.45) is 1.23. The van der Waals surface area contributed by atoms with Gasteiger partial charge in [-0.25, -0.2) is 13.2 Å². The second-order valence-electron chi connectivity index (χ2n) is 8.22. The van der Waals surface area contributed by atoms with Crippen molar-refractivity contribution in [3.05, 3.63) is 101 Å². The third-order valence-corrected chi connectivity index (χ3v) is 5.79. The highest BCUT2D eigenvalue weighted by molar-refractivity contribution is 5.99. The van der Waals surface area contributed by atoms with Crippen LogP contribution in [0.15, 0.2) is 66.7 Å². The number of para-hydroxylation sites is 1. The van der Waals surface area contributed by atoms with Crippen molar-refractivity contribution in [3.8, 4) is 0 Å². The quantitative estimate of drug-likeness (QED) is 0.564. The van der Waals surface area contributed by atoms with Gasteiger partial charge in [-0.2, -0.15) is 0 Å². The van der Waals surface area contributed by atoms with Gasteiger partial charge in [0.05, 0.1) is 5.56 Å². The Hall–Kier alpha value is -3.81. The molecular formula is C26H24F3N3O2. The smallest absolute Gasteiger partial charge is 0.253 e. The van der Waals surface area contributed by atoms with Crippen LogP contribution in [0.5, 0.6) is 0 Å². The minimum Gasteiger partial charge on any atom is -0.371 e. The molecule has 3 aromatic rings. The van der Waals surface area contributed by atoms with Crippen LogP contribution in [0, 0.1) is 17.5 Å². The van der Waals surface area contributed by atoms with Gasteiger partial charge in [0, 0.05) is 43.0 Å². The number of anilines is 1. The summed E-state index contributed by atoms with van der Waals surface area (Å²) in [6, 6.07) is 15.9. The number of carbonyl (C=O) groups excluding carboxylic acids is 2. The zero-order chi connectivity index (χ0) is 24.1.